The van der Waals surface area contributed by atoms with Gasteiger partial charge in [0.2, 0.25) is 0 Å². The Labute approximate surface area is 112 Å². The summed E-state index contributed by atoms with van der Waals surface area (Å²) in [6.07, 6.45) is 0.857. The van der Waals surface area contributed by atoms with Gasteiger partial charge in [-0.05, 0) is 31.0 Å². The maximum absolute atomic E-state index is 12.5. The summed E-state index contributed by atoms with van der Waals surface area (Å²) in [5, 5.41) is 0. The predicted molar refractivity (Wildman–Crippen MR) is 73.9 cm³/mol. The van der Waals surface area contributed by atoms with Crippen molar-refractivity contribution in [3.8, 4) is 0 Å². The van der Waals surface area contributed by atoms with Crippen LogP contribution in [0.4, 0.5) is 0 Å². The number of ketones is 2. The van der Waals surface area contributed by atoms with E-state index in [1.54, 1.807) is 18.2 Å². The standard InChI is InChI=1S/C17H14O2/c1-3-11-5-7-13-15(9-11)17(19)12-6-4-10(2)8-14(12)16(13)18/h4-9H,3H2,1-2H3. The smallest absolute Gasteiger partial charge is 0.194 e. The third-order valence-corrected chi connectivity index (χ3v) is 3.65. The molecular weight excluding hydrogens is 236 g/mol. The fourth-order valence-electron chi connectivity index (χ4n) is 2.53. The Morgan fingerprint density at radius 3 is 2.00 bits per heavy atom. The molecule has 0 heterocycles. The van der Waals surface area contributed by atoms with Crippen LogP contribution in [0.1, 0.15) is 49.9 Å². The van der Waals surface area contributed by atoms with Gasteiger partial charge in [-0.1, -0.05) is 36.8 Å². The van der Waals surface area contributed by atoms with Crippen molar-refractivity contribution in [2.75, 3.05) is 0 Å². The average molecular weight is 250 g/mol. The second-order valence-electron chi connectivity index (χ2n) is 4.94. The molecule has 0 bridgehead atoms. The maximum Gasteiger partial charge on any atom is 0.194 e. The van der Waals surface area contributed by atoms with Crippen LogP contribution >= 0.6 is 0 Å². The van der Waals surface area contributed by atoms with Crippen LogP contribution in [0.2, 0.25) is 0 Å². The molecule has 2 aromatic rings. The van der Waals surface area contributed by atoms with E-state index < -0.39 is 0 Å². The summed E-state index contributed by atoms with van der Waals surface area (Å²) in [6, 6.07) is 11.0. The summed E-state index contributed by atoms with van der Waals surface area (Å²) >= 11 is 0. The first-order valence-electron chi connectivity index (χ1n) is 6.44. The van der Waals surface area contributed by atoms with E-state index in [9.17, 15) is 9.59 Å². The van der Waals surface area contributed by atoms with Crippen LogP contribution in [0.5, 0.6) is 0 Å². The Kier molecular flexibility index (Phi) is 2.59. The van der Waals surface area contributed by atoms with Crippen LogP contribution in [0.3, 0.4) is 0 Å². The van der Waals surface area contributed by atoms with E-state index in [0.29, 0.717) is 22.3 Å². The highest BCUT2D eigenvalue weighted by molar-refractivity contribution is 6.28. The maximum atomic E-state index is 12.5. The van der Waals surface area contributed by atoms with Crippen LogP contribution in [0, 0.1) is 6.92 Å². The summed E-state index contributed by atoms with van der Waals surface area (Å²) in [5.41, 5.74) is 4.20. The van der Waals surface area contributed by atoms with Gasteiger partial charge in [0.25, 0.3) is 0 Å². The Bertz CT molecular complexity index is 711. The number of hydrogen-bond acceptors (Lipinski definition) is 2. The molecule has 94 valence electrons. The number of benzene rings is 2. The Balaban J connectivity index is 2.26. The first-order valence-corrected chi connectivity index (χ1v) is 6.44. The molecule has 0 atom stereocenters. The summed E-state index contributed by atoms with van der Waals surface area (Å²) < 4.78 is 0. The number of hydrogen-bond donors (Lipinski definition) is 0. The number of carbonyl (C=O) groups excluding carboxylic acids is 2. The summed E-state index contributed by atoms with van der Waals surface area (Å²) in [7, 11) is 0. The van der Waals surface area contributed by atoms with Gasteiger partial charge in [0.1, 0.15) is 0 Å². The zero-order chi connectivity index (χ0) is 13.6. The van der Waals surface area contributed by atoms with E-state index >= 15 is 0 Å². The number of fused-ring (bicyclic) bond motifs is 2. The van der Waals surface area contributed by atoms with Crippen molar-refractivity contribution >= 4 is 11.6 Å². The Morgan fingerprint density at radius 1 is 0.789 bits per heavy atom. The Hall–Kier alpha value is -2.22. The summed E-state index contributed by atoms with van der Waals surface area (Å²) in [6.45, 7) is 3.96. The molecule has 0 radical (unpaired) electrons. The molecule has 2 heteroatoms. The van der Waals surface area contributed by atoms with Gasteiger partial charge in [-0.2, -0.15) is 0 Å². The molecular formula is C17H14O2. The van der Waals surface area contributed by atoms with E-state index in [4.69, 9.17) is 0 Å². The lowest BCUT2D eigenvalue weighted by molar-refractivity contribution is 0.0979. The zero-order valence-corrected chi connectivity index (χ0v) is 11.0. The minimum absolute atomic E-state index is 0.0418. The van der Waals surface area contributed by atoms with E-state index in [1.165, 1.54) is 0 Å². The molecule has 0 amide bonds. The fraction of sp³-hybridized carbons (Fsp3) is 0.176. The van der Waals surface area contributed by atoms with Gasteiger partial charge in [-0.15, -0.1) is 0 Å². The minimum Gasteiger partial charge on any atom is -0.289 e. The fourth-order valence-corrected chi connectivity index (χ4v) is 2.53. The van der Waals surface area contributed by atoms with E-state index in [1.807, 2.05) is 32.0 Å². The highest BCUT2D eigenvalue weighted by atomic mass is 16.1. The van der Waals surface area contributed by atoms with Crippen LogP contribution in [-0.4, -0.2) is 11.6 Å². The van der Waals surface area contributed by atoms with Crippen LogP contribution in [0.15, 0.2) is 36.4 Å². The molecule has 0 aliphatic heterocycles. The lowest BCUT2D eigenvalue weighted by Gasteiger charge is -2.18. The minimum atomic E-state index is -0.0454. The predicted octanol–water partition coefficient (Wildman–Crippen LogP) is 3.33. The Morgan fingerprint density at radius 2 is 1.37 bits per heavy atom. The first-order chi connectivity index (χ1) is 9.11. The van der Waals surface area contributed by atoms with Crippen LogP contribution in [0.25, 0.3) is 0 Å². The molecule has 2 nitrogen and oxygen atoms in total. The normalized spacial score (nSPS) is 13.2. The van der Waals surface area contributed by atoms with Gasteiger partial charge >= 0.3 is 0 Å². The molecule has 1 aliphatic rings. The second kappa shape index (κ2) is 4.16. The quantitative estimate of drug-likeness (QED) is 0.664. The van der Waals surface area contributed by atoms with Crippen LogP contribution in [-0.2, 0) is 6.42 Å². The third kappa shape index (κ3) is 1.72. The number of rotatable bonds is 1. The molecule has 2 aromatic carbocycles. The summed E-state index contributed by atoms with van der Waals surface area (Å²) in [5.74, 6) is -0.0872. The van der Waals surface area contributed by atoms with Gasteiger partial charge in [-0.3, -0.25) is 9.59 Å². The monoisotopic (exact) mass is 250 g/mol. The van der Waals surface area contributed by atoms with Gasteiger partial charge in [0, 0.05) is 22.3 Å². The second-order valence-corrected chi connectivity index (χ2v) is 4.94. The van der Waals surface area contributed by atoms with Gasteiger partial charge in [-0.25, -0.2) is 0 Å². The van der Waals surface area contributed by atoms with Gasteiger partial charge in [0.05, 0.1) is 0 Å². The zero-order valence-electron chi connectivity index (χ0n) is 11.0. The molecule has 0 fully saturated rings. The van der Waals surface area contributed by atoms with Crippen molar-refractivity contribution in [2.45, 2.75) is 20.3 Å². The molecule has 1 aliphatic carbocycles. The third-order valence-electron chi connectivity index (χ3n) is 3.65. The molecule has 0 saturated heterocycles. The molecule has 0 N–H and O–H groups in total. The van der Waals surface area contributed by atoms with Crippen molar-refractivity contribution < 1.29 is 9.59 Å². The molecule has 3 rings (SSSR count). The molecule has 0 spiro atoms. The first kappa shape index (κ1) is 11.8. The lowest BCUT2D eigenvalue weighted by Crippen LogP contribution is -2.21. The SMILES string of the molecule is CCc1ccc2c(c1)C(=O)c1ccc(C)cc1C2=O. The number of aryl methyl sites for hydroxylation is 2. The van der Waals surface area contributed by atoms with Crippen molar-refractivity contribution in [1.29, 1.82) is 0 Å². The van der Waals surface area contributed by atoms with E-state index in [0.717, 1.165) is 17.5 Å². The van der Waals surface area contributed by atoms with Crippen molar-refractivity contribution in [1.82, 2.24) is 0 Å². The molecule has 0 saturated carbocycles. The van der Waals surface area contributed by atoms with Crippen molar-refractivity contribution in [2.24, 2.45) is 0 Å². The molecule has 0 aromatic heterocycles. The van der Waals surface area contributed by atoms with E-state index in [2.05, 4.69) is 0 Å². The largest absolute Gasteiger partial charge is 0.289 e. The molecule has 19 heavy (non-hydrogen) atoms. The lowest BCUT2D eigenvalue weighted by atomic mass is 9.82. The van der Waals surface area contributed by atoms with Gasteiger partial charge in [0.15, 0.2) is 11.6 Å². The highest BCUT2D eigenvalue weighted by Gasteiger charge is 2.29. The molecule has 0 unspecified atom stereocenters. The highest BCUT2D eigenvalue weighted by Crippen LogP contribution is 2.28. The summed E-state index contributed by atoms with van der Waals surface area (Å²) in [4.78, 5) is 24.9. The van der Waals surface area contributed by atoms with Crippen molar-refractivity contribution in [3.05, 3.63) is 69.8 Å². The van der Waals surface area contributed by atoms with E-state index in [-0.39, 0.29) is 11.6 Å². The average Bonchev–Trinajstić information content (AvgIpc) is 2.44. The van der Waals surface area contributed by atoms with Crippen LogP contribution < -0.4 is 0 Å². The topological polar surface area (TPSA) is 34.1 Å². The van der Waals surface area contributed by atoms with Crippen molar-refractivity contribution in [3.63, 3.8) is 0 Å². The van der Waals surface area contributed by atoms with Gasteiger partial charge < -0.3 is 0 Å². The number of carbonyl (C=O) groups is 2.